The van der Waals surface area contributed by atoms with E-state index >= 15 is 0 Å². The molecule has 2 unspecified atom stereocenters. The normalized spacial score (nSPS) is 14.3. The lowest BCUT2D eigenvalue weighted by Gasteiger charge is -2.27. The van der Waals surface area contributed by atoms with Crippen LogP contribution in [0.5, 0.6) is 0 Å². The lowest BCUT2D eigenvalue weighted by molar-refractivity contribution is 0.0332. The molecule has 0 fully saturated rings. The van der Waals surface area contributed by atoms with Crippen LogP contribution < -0.4 is 11.3 Å². The molecule has 1 rings (SSSR count). The molecule has 3 N–H and O–H groups in total. The summed E-state index contributed by atoms with van der Waals surface area (Å²) < 4.78 is 5.80. The Labute approximate surface area is 104 Å². The third-order valence-corrected chi connectivity index (χ3v) is 2.62. The van der Waals surface area contributed by atoms with E-state index in [1.54, 1.807) is 0 Å². The lowest BCUT2D eigenvalue weighted by atomic mass is 9.97. The predicted molar refractivity (Wildman–Crippen MR) is 71.4 cm³/mol. The van der Waals surface area contributed by atoms with Gasteiger partial charge in [-0.15, -0.1) is 6.58 Å². The summed E-state index contributed by atoms with van der Waals surface area (Å²) in [6.07, 6.45) is 0.763. The highest BCUT2D eigenvalue weighted by molar-refractivity contribution is 5.20. The van der Waals surface area contributed by atoms with Crippen LogP contribution in [0.2, 0.25) is 0 Å². The molecule has 3 nitrogen and oxygen atoms in total. The van der Waals surface area contributed by atoms with Crippen molar-refractivity contribution in [2.45, 2.75) is 32.4 Å². The molecule has 2 atom stereocenters. The van der Waals surface area contributed by atoms with Crippen molar-refractivity contribution in [1.82, 2.24) is 5.43 Å². The van der Waals surface area contributed by atoms with Crippen LogP contribution in [0.15, 0.2) is 42.5 Å². The first-order valence-corrected chi connectivity index (χ1v) is 5.96. The summed E-state index contributed by atoms with van der Waals surface area (Å²) in [4.78, 5) is 0. The average molecular weight is 234 g/mol. The zero-order valence-corrected chi connectivity index (χ0v) is 10.6. The first-order valence-electron chi connectivity index (χ1n) is 5.96. The number of nitrogens with one attached hydrogen (secondary N) is 1. The van der Waals surface area contributed by atoms with E-state index in [2.05, 4.69) is 24.1 Å². The van der Waals surface area contributed by atoms with Crippen LogP contribution in [0.4, 0.5) is 0 Å². The Morgan fingerprint density at radius 3 is 2.53 bits per heavy atom. The standard InChI is InChI=1S/C14H22N2O/c1-4-17-14(12-8-6-5-7-9-12)13(16-15)10-11(2)3/h5-9,13-14,16H,2,4,10,15H2,1,3H3. The van der Waals surface area contributed by atoms with Crippen molar-refractivity contribution in [2.24, 2.45) is 5.84 Å². The van der Waals surface area contributed by atoms with E-state index in [-0.39, 0.29) is 12.1 Å². The Morgan fingerprint density at radius 1 is 1.41 bits per heavy atom. The number of rotatable bonds is 7. The molecular formula is C14H22N2O. The van der Waals surface area contributed by atoms with Crippen LogP contribution >= 0.6 is 0 Å². The van der Waals surface area contributed by atoms with Gasteiger partial charge in [-0.3, -0.25) is 11.3 Å². The van der Waals surface area contributed by atoms with Crippen molar-refractivity contribution in [3.8, 4) is 0 Å². The first-order chi connectivity index (χ1) is 8.19. The van der Waals surface area contributed by atoms with E-state index in [1.807, 2.05) is 32.0 Å². The number of hydrogen-bond donors (Lipinski definition) is 2. The molecule has 0 aromatic heterocycles. The monoisotopic (exact) mass is 234 g/mol. The highest BCUT2D eigenvalue weighted by Crippen LogP contribution is 2.24. The van der Waals surface area contributed by atoms with Crippen LogP contribution in [0.25, 0.3) is 0 Å². The van der Waals surface area contributed by atoms with Gasteiger partial charge < -0.3 is 4.74 Å². The van der Waals surface area contributed by atoms with Crippen molar-refractivity contribution in [3.63, 3.8) is 0 Å². The van der Waals surface area contributed by atoms with E-state index in [4.69, 9.17) is 10.6 Å². The topological polar surface area (TPSA) is 47.3 Å². The smallest absolute Gasteiger partial charge is 0.0994 e. The molecule has 1 aromatic carbocycles. The number of ether oxygens (including phenoxy) is 1. The minimum atomic E-state index is -0.0390. The molecule has 0 radical (unpaired) electrons. The van der Waals surface area contributed by atoms with Gasteiger partial charge in [0.05, 0.1) is 12.1 Å². The molecule has 0 bridgehead atoms. The molecule has 1 aromatic rings. The summed E-state index contributed by atoms with van der Waals surface area (Å²) in [5, 5.41) is 0. The van der Waals surface area contributed by atoms with E-state index < -0.39 is 0 Å². The number of nitrogens with two attached hydrogens (primary N) is 1. The van der Waals surface area contributed by atoms with Crippen LogP contribution in [0.3, 0.4) is 0 Å². The van der Waals surface area contributed by atoms with E-state index in [0.717, 1.165) is 17.6 Å². The van der Waals surface area contributed by atoms with Crippen LogP contribution in [-0.2, 0) is 4.74 Å². The van der Waals surface area contributed by atoms with Crippen LogP contribution in [0.1, 0.15) is 31.9 Å². The summed E-state index contributed by atoms with van der Waals surface area (Å²) in [7, 11) is 0. The molecular weight excluding hydrogens is 212 g/mol. The molecule has 0 saturated heterocycles. The number of hydrazine groups is 1. The maximum atomic E-state index is 5.80. The largest absolute Gasteiger partial charge is 0.372 e. The molecule has 0 spiro atoms. The van der Waals surface area contributed by atoms with Gasteiger partial charge in [0.1, 0.15) is 0 Å². The summed E-state index contributed by atoms with van der Waals surface area (Å²) in [6.45, 7) is 8.58. The SMILES string of the molecule is C=C(C)CC(NN)C(OCC)c1ccccc1. The maximum absolute atomic E-state index is 5.80. The third-order valence-electron chi connectivity index (χ3n) is 2.62. The van der Waals surface area contributed by atoms with Gasteiger partial charge in [-0.1, -0.05) is 35.9 Å². The van der Waals surface area contributed by atoms with Gasteiger partial charge in [-0.25, -0.2) is 0 Å². The van der Waals surface area contributed by atoms with Crippen LogP contribution in [-0.4, -0.2) is 12.6 Å². The van der Waals surface area contributed by atoms with Crippen molar-refractivity contribution in [3.05, 3.63) is 48.0 Å². The fraction of sp³-hybridized carbons (Fsp3) is 0.429. The fourth-order valence-electron chi connectivity index (χ4n) is 1.90. The Morgan fingerprint density at radius 2 is 2.06 bits per heavy atom. The zero-order chi connectivity index (χ0) is 12.7. The summed E-state index contributed by atoms with van der Waals surface area (Å²) in [5.74, 6) is 5.62. The number of hydrogen-bond acceptors (Lipinski definition) is 3. The first kappa shape index (κ1) is 13.9. The Kier molecular flexibility index (Phi) is 5.91. The molecule has 17 heavy (non-hydrogen) atoms. The second-order valence-corrected chi connectivity index (χ2v) is 4.22. The van der Waals surface area contributed by atoms with E-state index in [9.17, 15) is 0 Å². The summed E-state index contributed by atoms with van der Waals surface area (Å²) >= 11 is 0. The Balaban J connectivity index is 2.86. The maximum Gasteiger partial charge on any atom is 0.0994 e. The van der Waals surface area contributed by atoms with Gasteiger partial charge >= 0.3 is 0 Å². The third kappa shape index (κ3) is 4.30. The Hall–Kier alpha value is -1.16. The van der Waals surface area contributed by atoms with Crippen molar-refractivity contribution >= 4 is 0 Å². The summed E-state index contributed by atoms with van der Waals surface area (Å²) in [6, 6.07) is 10.2. The van der Waals surface area contributed by atoms with E-state index in [1.165, 1.54) is 0 Å². The van der Waals surface area contributed by atoms with Crippen molar-refractivity contribution in [2.75, 3.05) is 6.61 Å². The second kappa shape index (κ2) is 7.22. The van der Waals surface area contributed by atoms with Crippen molar-refractivity contribution in [1.29, 1.82) is 0 Å². The number of benzene rings is 1. The minimum Gasteiger partial charge on any atom is -0.372 e. The summed E-state index contributed by atoms with van der Waals surface area (Å²) in [5.41, 5.74) is 5.06. The van der Waals surface area contributed by atoms with Gasteiger partial charge in [0.2, 0.25) is 0 Å². The second-order valence-electron chi connectivity index (χ2n) is 4.22. The zero-order valence-electron chi connectivity index (χ0n) is 10.6. The molecule has 0 heterocycles. The van der Waals surface area contributed by atoms with Crippen molar-refractivity contribution < 1.29 is 4.74 Å². The van der Waals surface area contributed by atoms with Gasteiger partial charge in [-0.05, 0) is 25.8 Å². The van der Waals surface area contributed by atoms with Gasteiger partial charge in [0, 0.05) is 6.61 Å². The van der Waals surface area contributed by atoms with Crippen LogP contribution in [0, 0.1) is 0 Å². The van der Waals surface area contributed by atoms with Gasteiger partial charge in [0.25, 0.3) is 0 Å². The highest BCUT2D eigenvalue weighted by atomic mass is 16.5. The molecule has 0 saturated carbocycles. The Bertz CT molecular complexity index is 337. The fourth-order valence-corrected chi connectivity index (χ4v) is 1.90. The quantitative estimate of drug-likeness (QED) is 0.433. The molecule has 94 valence electrons. The molecule has 0 aliphatic heterocycles. The molecule has 0 aliphatic carbocycles. The van der Waals surface area contributed by atoms with Gasteiger partial charge in [0.15, 0.2) is 0 Å². The minimum absolute atomic E-state index is 0.0390. The average Bonchev–Trinajstić information content (AvgIpc) is 2.34. The lowest BCUT2D eigenvalue weighted by Crippen LogP contribution is -2.41. The molecule has 3 heteroatoms. The molecule has 0 aliphatic rings. The van der Waals surface area contributed by atoms with E-state index in [0.29, 0.717) is 6.61 Å². The highest BCUT2D eigenvalue weighted by Gasteiger charge is 2.22. The van der Waals surface area contributed by atoms with Gasteiger partial charge in [-0.2, -0.15) is 0 Å². The predicted octanol–water partition coefficient (Wildman–Crippen LogP) is 2.56. The molecule has 0 amide bonds.